The molecular weight excluding hydrogens is 398 g/mol. The molecule has 0 atom stereocenters. The van der Waals surface area contributed by atoms with Gasteiger partial charge >= 0.3 is 0 Å². The number of methoxy groups -OCH3 is 1. The third-order valence-corrected chi connectivity index (χ3v) is 5.16. The summed E-state index contributed by atoms with van der Waals surface area (Å²) in [6.45, 7) is 9.57. The lowest BCUT2D eigenvalue weighted by Gasteiger charge is -2.25. The van der Waals surface area contributed by atoms with Crippen LogP contribution in [-0.2, 0) is 4.79 Å². The van der Waals surface area contributed by atoms with E-state index in [0.717, 1.165) is 44.8 Å². The molecule has 2 N–H and O–H groups in total. The van der Waals surface area contributed by atoms with Gasteiger partial charge in [0.1, 0.15) is 11.5 Å². The van der Waals surface area contributed by atoms with Crippen LogP contribution in [0.2, 0.25) is 0 Å². The van der Waals surface area contributed by atoms with Gasteiger partial charge in [0, 0.05) is 38.3 Å². The first kappa shape index (κ1) is 23.7. The third-order valence-electron chi connectivity index (χ3n) is 4.86. The minimum atomic E-state index is -0.0700. The van der Waals surface area contributed by atoms with E-state index in [1.54, 1.807) is 0 Å². The second-order valence-corrected chi connectivity index (χ2v) is 7.31. The maximum absolute atomic E-state index is 12.7. The predicted molar refractivity (Wildman–Crippen MR) is 126 cm³/mol. The van der Waals surface area contributed by atoms with Gasteiger partial charge in [0.05, 0.1) is 7.11 Å². The minimum absolute atomic E-state index is 0.0700. The Morgan fingerprint density at radius 2 is 1.83 bits per heavy atom. The van der Waals surface area contributed by atoms with Crippen LogP contribution >= 0.6 is 12.2 Å². The normalized spacial score (nSPS) is 10.5. The van der Waals surface area contributed by atoms with Crippen LogP contribution in [0.15, 0.2) is 30.3 Å². The van der Waals surface area contributed by atoms with E-state index in [4.69, 9.17) is 17.0 Å². The number of hydrogen-bond donors (Lipinski definition) is 2. The van der Waals surface area contributed by atoms with Crippen LogP contribution in [0.4, 0.5) is 17.2 Å². The molecule has 7 nitrogen and oxygen atoms in total. The zero-order valence-corrected chi connectivity index (χ0v) is 19.2. The number of H-pyrrole nitrogens is 1. The monoisotopic (exact) mass is 431 g/mol. The van der Waals surface area contributed by atoms with Crippen molar-refractivity contribution in [1.29, 1.82) is 0 Å². The molecule has 0 fully saturated rings. The van der Waals surface area contributed by atoms with E-state index >= 15 is 0 Å². The smallest absolute Gasteiger partial charge is 0.296 e. The molecule has 0 saturated heterocycles. The van der Waals surface area contributed by atoms with Crippen molar-refractivity contribution >= 4 is 35.3 Å². The molecule has 0 saturated carbocycles. The topological polar surface area (TPSA) is 73.5 Å². The minimum Gasteiger partial charge on any atom is -0.468 e. The summed E-state index contributed by atoms with van der Waals surface area (Å²) in [5.41, 5.74) is 1.72. The standard InChI is InChI=1S/C22H33N5O2S/c1-5-15-27(17-12-9-8-10-13-17)16-11-14-18(28)23-19-20(26(6-2)7-3)24-22(29-4)25-21(19)30/h8-10,12-13H,5-7,11,14-16H2,1-4H3,(H,23,28)(H,24,25,30). The third kappa shape index (κ3) is 6.45. The molecule has 0 bridgehead atoms. The molecule has 0 spiro atoms. The first-order chi connectivity index (χ1) is 14.5. The van der Waals surface area contributed by atoms with Crippen molar-refractivity contribution in [2.45, 2.75) is 40.0 Å². The van der Waals surface area contributed by atoms with Gasteiger partial charge in [-0.25, -0.2) is 0 Å². The summed E-state index contributed by atoms with van der Waals surface area (Å²) in [5.74, 6) is 0.654. The van der Waals surface area contributed by atoms with Gasteiger partial charge in [0.15, 0.2) is 4.64 Å². The van der Waals surface area contributed by atoms with E-state index in [9.17, 15) is 4.79 Å². The van der Waals surface area contributed by atoms with Crippen LogP contribution in [-0.4, -0.2) is 49.2 Å². The van der Waals surface area contributed by atoms with E-state index in [-0.39, 0.29) is 5.91 Å². The molecule has 1 heterocycles. The summed E-state index contributed by atoms with van der Waals surface area (Å²) in [7, 11) is 1.53. The second kappa shape index (κ2) is 12.2. The summed E-state index contributed by atoms with van der Waals surface area (Å²) in [6.07, 6.45) is 2.22. The molecule has 1 aromatic carbocycles. The molecule has 2 rings (SSSR count). The quantitative estimate of drug-likeness (QED) is 0.477. The maximum Gasteiger partial charge on any atom is 0.296 e. The largest absolute Gasteiger partial charge is 0.468 e. The zero-order chi connectivity index (χ0) is 21.9. The van der Waals surface area contributed by atoms with Gasteiger partial charge in [-0.2, -0.15) is 4.98 Å². The van der Waals surface area contributed by atoms with Crippen molar-refractivity contribution in [3.05, 3.63) is 35.0 Å². The highest BCUT2D eigenvalue weighted by molar-refractivity contribution is 7.71. The van der Waals surface area contributed by atoms with Crippen molar-refractivity contribution in [3.63, 3.8) is 0 Å². The van der Waals surface area contributed by atoms with E-state index in [1.165, 1.54) is 12.8 Å². The van der Waals surface area contributed by atoms with Gasteiger partial charge in [-0.1, -0.05) is 37.3 Å². The van der Waals surface area contributed by atoms with Gasteiger partial charge in [-0.05, 0) is 38.8 Å². The number of hydrogen-bond acceptors (Lipinski definition) is 6. The van der Waals surface area contributed by atoms with Gasteiger partial charge in [0.2, 0.25) is 5.91 Å². The molecule has 0 aliphatic heterocycles. The molecule has 30 heavy (non-hydrogen) atoms. The van der Waals surface area contributed by atoms with Crippen LogP contribution in [0.5, 0.6) is 6.01 Å². The fourth-order valence-corrected chi connectivity index (χ4v) is 3.57. The molecule has 0 aliphatic carbocycles. The Balaban J connectivity index is 2.06. The highest BCUT2D eigenvalue weighted by Crippen LogP contribution is 2.26. The first-order valence-corrected chi connectivity index (χ1v) is 11.0. The van der Waals surface area contributed by atoms with Crippen molar-refractivity contribution in [2.24, 2.45) is 0 Å². The molecular formula is C22H33N5O2S. The molecule has 2 aromatic rings. The van der Waals surface area contributed by atoms with Gasteiger partial charge in [-0.15, -0.1) is 0 Å². The fourth-order valence-electron chi connectivity index (χ4n) is 3.34. The van der Waals surface area contributed by atoms with Crippen LogP contribution in [0.1, 0.15) is 40.0 Å². The second-order valence-electron chi connectivity index (χ2n) is 6.92. The van der Waals surface area contributed by atoms with Gasteiger partial charge in [-0.3, -0.25) is 9.78 Å². The highest BCUT2D eigenvalue weighted by Gasteiger charge is 2.16. The van der Waals surface area contributed by atoms with Crippen LogP contribution in [0.25, 0.3) is 0 Å². The molecule has 0 unspecified atom stereocenters. The lowest BCUT2D eigenvalue weighted by molar-refractivity contribution is -0.116. The Bertz CT molecular complexity index is 852. The van der Waals surface area contributed by atoms with Crippen molar-refractivity contribution in [1.82, 2.24) is 9.97 Å². The summed E-state index contributed by atoms with van der Waals surface area (Å²) in [6, 6.07) is 10.6. The van der Waals surface area contributed by atoms with Gasteiger partial charge < -0.3 is 19.9 Å². The number of nitrogens with one attached hydrogen (secondary N) is 2. The van der Waals surface area contributed by atoms with E-state index in [2.05, 4.69) is 44.1 Å². The zero-order valence-electron chi connectivity index (χ0n) is 18.4. The van der Waals surface area contributed by atoms with Crippen LogP contribution < -0.4 is 19.9 Å². The average molecular weight is 432 g/mol. The number of carbonyl (C=O) groups is 1. The number of para-hydroxylation sites is 1. The summed E-state index contributed by atoms with van der Waals surface area (Å²) < 4.78 is 5.53. The molecule has 0 aliphatic rings. The molecule has 164 valence electrons. The number of aromatic nitrogens is 2. The van der Waals surface area contributed by atoms with Crippen molar-refractivity contribution < 1.29 is 9.53 Å². The van der Waals surface area contributed by atoms with E-state index < -0.39 is 0 Å². The number of amides is 1. The summed E-state index contributed by atoms with van der Waals surface area (Å²) >= 11 is 5.42. The first-order valence-electron chi connectivity index (χ1n) is 10.6. The number of aromatic amines is 1. The van der Waals surface area contributed by atoms with E-state index in [0.29, 0.717) is 22.8 Å². The number of carbonyl (C=O) groups excluding carboxylic acids is 1. The summed E-state index contributed by atoms with van der Waals surface area (Å²) in [5, 5.41) is 2.97. The Morgan fingerprint density at radius 1 is 1.13 bits per heavy atom. The van der Waals surface area contributed by atoms with E-state index in [1.807, 2.05) is 32.0 Å². The number of ether oxygens (including phenoxy) is 1. The highest BCUT2D eigenvalue weighted by atomic mass is 32.1. The fraction of sp³-hybridized carbons (Fsp3) is 0.500. The Hall–Kier alpha value is -2.61. The van der Waals surface area contributed by atoms with Gasteiger partial charge in [0.25, 0.3) is 6.01 Å². The molecule has 1 aromatic heterocycles. The predicted octanol–water partition coefficient (Wildman–Crippen LogP) is 4.63. The van der Waals surface area contributed by atoms with Crippen molar-refractivity contribution in [3.8, 4) is 6.01 Å². The van der Waals surface area contributed by atoms with Crippen LogP contribution in [0.3, 0.4) is 0 Å². The number of rotatable bonds is 12. The lowest BCUT2D eigenvalue weighted by Crippen LogP contribution is -2.27. The summed E-state index contributed by atoms with van der Waals surface area (Å²) in [4.78, 5) is 24.4. The molecule has 0 radical (unpaired) electrons. The average Bonchev–Trinajstić information content (AvgIpc) is 2.76. The number of benzene rings is 1. The Kier molecular flexibility index (Phi) is 9.60. The number of anilines is 3. The van der Waals surface area contributed by atoms with Crippen LogP contribution in [0, 0.1) is 4.64 Å². The Morgan fingerprint density at radius 3 is 2.43 bits per heavy atom. The SMILES string of the molecule is CCCN(CCCC(=O)Nc1c(N(CC)CC)[nH]c(OC)nc1=S)c1ccccc1. The molecule has 8 heteroatoms. The van der Waals surface area contributed by atoms with Crippen molar-refractivity contribution in [2.75, 3.05) is 48.4 Å². The Labute approximate surface area is 184 Å². The maximum atomic E-state index is 12.7. The lowest BCUT2D eigenvalue weighted by atomic mass is 10.2. The molecule has 1 amide bonds. The number of nitrogens with zero attached hydrogens (tertiary/aromatic N) is 3.